The summed E-state index contributed by atoms with van der Waals surface area (Å²) in [5.74, 6) is 0.853. The van der Waals surface area contributed by atoms with E-state index in [4.69, 9.17) is 9.47 Å². The minimum Gasteiger partial charge on any atom is -0.465 e. The number of hydrogen-bond acceptors (Lipinski definition) is 5. The molecule has 0 bridgehead atoms. The Kier molecular flexibility index (Phi) is 8.50. The zero-order valence-electron chi connectivity index (χ0n) is 12.3. The highest BCUT2D eigenvalue weighted by Crippen LogP contribution is 2.26. The summed E-state index contributed by atoms with van der Waals surface area (Å²) in [5.41, 5.74) is 0. The van der Waals surface area contributed by atoms with Crippen LogP contribution in [0.1, 0.15) is 40.0 Å². The molecule has 0 saturated carbocycles. The Bertz CT molecular complexity index is 263. The maximum absolute atomic E-state index is 11.8. The van der Waals surface area contributed by atoms with E-state index < -0.39 is 0 Å². The number of esters is 1. The number of thioether (sulfide) groups is 1. The van der Waals surface area contributed by atoms with Gasteiger partial charge in [-0.2, -0.15) is 11.8 Å². The van der Waals surface area contributed by atoms with Crippen LogP contribution in [0.25, 0.3) is 0 Å². The number of rotatable bonds is 9. The minimum atomic E-state index is -0.162. The second kappa shape index (κ2) is 9.61. The molecular weight excluding hydrogens is 262 g/mol. The summed E-state index contributed by atoms with van der Waals surface area (Å²) in [6.45, 7) is 8.25. The second-order valence-electron chi connectivity index (χ2n) is 4.82. The van der Waals surface area contributed by atoms with Gasteiger partial charge >= 0.3 is 5.97 Å². The fourth-order valence-corrected chi connectivity index (χ4v) is 3.42. The lowest BCUT2D eigenvalue weighted by Gasteiger charge is -2.18. The van der Waals surface area contributed by atoms with Crippen LogP contribution in [0.4, 0.5) is 0 Å². The van der Waals surface area contributed by atoms with E-state index in [0.717, 1.165) is 38.2 Å². The van der Waals surface area contributed by atoms with Gasteiger partial charge in [-0.25, -0.2) is 0 Å². The van der Waals surface area contributed by atoms with Gasteiger partial charge in [0.1, 0.15) is 6.04 Å². The number of ether oxygens (including phenoxy) is 2. The van der Waals surface area contributed by atoms with Gasteiger partial charge in [0, 0.05) is 11.9 Å². The summed E-state index contributed by atoms with van der Waals surface area (Å²) in [6.07, 6.45) is 3.32. The van der Waals surface area contributed by atoms with Gasteiger partial charge in [-0.05, 0) is 45.4 Å². The SMILES string of the molecule is CCCNC(CCSC1CCOC1C)C(=O)OCC. The van der Waals surface area contributed by atoms with Gasteiger partial charge in [0.15, 0.2) is 0 Å². The first-order valence-electron chi connectivity index (χ1n) is 7.32. The maximum Gasteiger partial charge on any atom is 0.323 e. The van der Waals surface area contributed by atoms with Crippen molar-refractivity contribution >= 4 is 17.7 Å². The quantitative estimate of drug-likeness (QED) is 0.660. The van der Waals surface area contributed by atoms with E-state index in [1.807, 2.05) is 18.7 Å². The lowest BCUT2D eigenvalue weighted by molar-refractivity contribution is -0.145. The summed E-state index contributed by atoms with van der Waals surface area (Å²) in [6, 6.07) is -0.162. The molecule has 0 aromatic heterocycles. The van der Waals surface area contributed by atoms with E-state index in [-0.39, 0.29) is 12.0 Å². The van der Waals surface area contributed by atoms with Crippen LogP contribution in [-0.4, -0.2) is 48.9 Å². The molecule has 1 aliphatic heterocycles. The summed E-state index contributed by atoms with van der Waals surface area (Å²) in [7, 11) is 0. The Labute approximate surface area is 121 Å². The van der Waals surface area contributed by atoms with Crippen molar-refractivity contribution in [3.8, 4) is 0 Å². The molecule has 1 heterocycles. The maximum atomic E-state index is 11.8. The predicted molar refractivity (Wildman–Crippen MR) is 79.6 cm³/mol. The van der Waals surface area contributed by atoms with E-state index in [1.54, 1.807) is 0 Å². The van der Waals surface area contributed by atoms with Crippen LogP contribution < -0.4 is 5.32 Å². The Morgan fingerprint density at radius 3 is 2.89 bits per heavy atom. The zero-order valence-corrected chi connectivity index (χ0v) is 13.1. The first-order valence-corrected chi connectivity index (χ1v) is 8.37. The summed E-state index contributed by atoms with van der Waals surface area (Å²) in [5, 5.41) is 3.85. The van der Waals surface area contributed by atoms with E-state index in [2.05, 4.69) is 19.2 Å². The van der Waals surface area contributed by atoms with E-state index in [1.165, 1.54) is 0 Å². The molecule has 0 spiro atoms. The molecule has 3 unspecified atom stereocenters. The predicted octanol–water partition coefficient (Wildman–Crippen LogP) is 2.22. The Morgan fingerprint density at radius 1 is 1.53 bits per heavy atom. The Hall–Kier alpha value is -0.260. The monoisotopic (exact) mass is 289 g/mol. The van der Waals surface area contributed by atoms with Crippen LogP contribution in [0.3, 0.4) is 0 Å². The van der Waals surface area contributed by atoms with E-state index >= 15 is 0 Å². The van der Waals surface area contributed by atoms with Crippen molar-refractivity contribution in [1.29, 1.82) is 0 Å². The summed E-state index contributed by atoms with van der Waals surface area (Å²) < 4.78 is 10.7. The third-order valence-electron chi connectivity index (χ3n) is 3.26. The highest BCUT2D eigenvalue weighted by atomic mass is 32.2. The number of nitrogens with one attached hydrogen (secondary N) is 1. The first kappa shape index (κ1) is 16.8. The molecule has 5 heteroatoms. The molecule has 19 heavy (non-hydrogen) atoms. The highest BCUT2D eigenvalue weighted by molar-refractivity contribution is 7.99. The highest BCUT2D eigenvalue weighted by Gasteiger charge is 2.25. The minimum absolute atomic E-state index is 0.118. The van der Waals surface area contributed by atoms with Crippen LogP contribution in [0, 0.1) is 0 Å². The lowest BCUT2D eigenvalue weighted by atomic mass is 10.2. The molecule has 3 atom stereocenters. The fourth-order valence-electron chi connectivity index (χ4n) is 2.13. The third kappa shape index (κ3) is 6.15. The zero-order chi connectivity index (χ0) is 14.1. The molecule has 1 fully saturated rings. The molecule has 0 amide bonds. The van der Waals surface area contributed by atoms with Crippen LogP contribution in [0.5, 0.6) is 0 Å². The number of carbonyl (C=O) groups excluding carboxylic acids is 1. The van der Waals surface area contributed by atoms with Crippen molar-refractivity contribution < 1.29 is 14.3 Å². The van der Waals surface area contributed by atoms with Crippen molar-refractivity contribution in [2.24, 2.45) is 0 Å². The molecule has 4 nitrogen and oxygen atoms in total. The first-order chi connectivity index (χ1) is 9.19. The second-order valence-corrected chi connectivity index (χ2v) is 6.17. The normalized spacial score (nSPS) is 24.4. The van der Waals surface area contributed by atoms with Gasteiger partial charge < -0.3 is 14.8 Å². The molecule has 0 radical (unpaired) electrons. The molecule has 1 aliphatic rings. The lowest BCUT2D eigenvalue weighted by Crippen LogP contribution is -2.39. The van der Waals surface area contributed by atoms with Crippen LogP contribution >= 0.6 is 11.8 Å². The number of hydrogen-bond donors (Lipinski definition) is 1. The molecule has 1 rings (SSSR count). The standard InChI is InChI=1S/C14H27NO3S/c1-4-8-15-12(14(16)17-5-2)7-10-19-13-6-9-18-11(13)3/h11-13,15H,4-10H2,1-3H3. The van der Waals surface area contributed by atoms with Crippen molar-refractivity contribution in [3.63, 3.8) is 0 Å². The third-order valence-corrected chi connectivity index (χ3v) is 4.78. The molecule has 0 aromatic rings. The largest absolute Gasteiger partial charge is 0.465 e. The van der Waals surface area contributed by atoms with Crippen molar-refractivity contribution in [3.05, 3.63) is 0 Å². The van der Waals surface area contributed by atoms with Crippen LogP contribution in [0.15, 0.2) is 0 Å². The fraction of sp³-hybridized carbons (Fsp3) is 0.929. The number of carbonyl (C=O) groups is 1. The topological polar surface area (TPSA) is 47.6 Å². The Balaban J connectivity index is 2.28. The average Bonchev–Trinajstić information content (AvgIpc) is 2.79. The van der Waals surface area contributed by atoms with Crippen molar-refractivity contribution in [2.75, 3.05) is 25.5 Å². The molecule has 0 aliphatic carbocycles. The van der Waals surface area contributed by atoms with Gasteiger partial charge in [0.2, 0.25) is 0 Å². The van der Waals surface area contributed by atoms with Gasteiger partial charge in [0.05, 0.1) is 12.7 Å². The van der Waals surface area contributed by atoms with E-state index in [9.17, 15) is 4.79 Å². The molecular formula is C14H27NO3S. The summed E-state index contributed by atoms with van der Waals surface area (Å²) >= 11 is 1.92. The van der Waals surface area contributed by atoms with Crippen LogP contribution in [-0.2, 0) is 14.3 Å². The molecule has 112 valence electrons. The molecule has 1 saturated heterocycles. The average molecular weight is 289 g/mol. The smallest absolute Gasteiger partial charge is 0.323 e. The van der Waals surface area contributed by atoms with Crippen molar-refractivity contribution in [1.82, 2.24) is 5.32 Å². The van der Waals surface area contributed by atoms with Gasteiger partial charge in [-0.1, -0.05) is 6.92 Å². The van der Waals surface area contributed by atoms with Crippen molar-refractivity contribution in [2.45, 2.75) is 57.4 Å². The Morgan fingerprint density at radius 2 is 2.32 bits per heavy atom. The molecule has 1 N–H and O–H groups in total. The summed E-state index contributed by atoms with van der Waals surface area (Å²) in [4.78, 5) is 11.8. The van der Waals surface area contributed by atoms with Crippen LogP contribution in [0.2, 0.25) is 0 Å². The van der Waals surface area contributed by atoms with Gasteiger partial charge in [-0.3, -0.25) is 4.79 Å². The molecule has 0 aromatic carbocycles. The van der Waals surface area contributed by atoms with Gasteiger partial charge in [0.25, 0.3) is 0 Å². The van der Waals surface area contributed by atoms with E-state index in [0.29, 0.717) is 18.0 Å². The van der Waals surface area contributed by atoms with Gasteiger partial charge in [-0.15, -0.1) is 0 Å².